The number of aromatic nitrogens is 2. The molecule has 0 saturated carbocycles. The van der Waals surface area contributed by atoms with Crippen LogP contribution in [0.5, 0.6) is 5.75 Å². The quantitative estimate of drug-likeness (QED) is 0.680. The third kappa shape index (κ3) is 5.26. The minimum atomic E-state index is -0.236. The summed E-state index contributed by atoms with van der Waals surface area (Å²) in [6, 6.07) is 17.6. The van der Waals surface area contributed by atoms with Crippen LogP contribution >= 0.6 is 11.3 Å². The van der Waals surface area contributed by atoms with Crippen LogP contribution in [-0.4, -0.2) is 16.1 Å². The Morgan fingerprint density at radius 3 is 2.56 bits per heavy atom. The van der Waals surface area contributed by atoms with Gasteiger partial charge in [-0.1, -0.05) is 53.8 Å². The molecule has 1 aromatic heterocycles. The molecule has 3 aromatic rings. The van der Waals surface area contributed by atoms with Gasteiger partial charge in [0.05, 0.1) is 0 Å². The predicted molar refractivity (Wildman–Crippen MR) is 99.5 cm³/mol. The Hall–Kier alpha value is -2.99. The molecule has 0 unspecified atom stereocenters. The molecule has 1 heterocycles. The number of rotatable bonds is 6. The van der Waals surface area contributed by atoms with E-state index in [-0.39, 0.29) is 5.91 Å². The van der Waals surface area contributed by atoms with Crippen molar-refractivity contribution in [3.8, 4) is 5.75 Å². The maximum atomic E-state index is 11.8. The molecule has 0 atom stereocenters. The lowest BCUT2D eigenvalue weighted by molar-refractivity contribution is -0.111. The van der Waals surface area contributed by atoms with Crippen molar-refractivity contribution in [3.63, 3.8) is 0 Å². The zero-order valence-electron chi connectivity index (χ0n) is 13.7. The van der Waals surface area contributed by atoms with Crippen molar-refractivity contribution in [3.05, 3.63) is 76.8 Å². The summed E-state index contributed by atoms with van der Waals surface area (Å²) in [7, 11) is 0. The van der Waals surface area contributed by atoms with Gasteiger partial charge < -0.3 is 4.74 Å². The van der Waals surface area contributed by atoms with Crippen molar-refractivity contribution in [2.75, 3.05) is 5.32 Å². The first-order valence-electron chi connectivity index (χ1n) is 7.75. The van der Waals surface area contributed by atoms with E-state index in [1.165, 1.54) is 17.4 Å². The number of nitrogens with one attached hydrogen (secondary N) is 1. The minimum Gasteiger partial charge on any atom is -0.489 e. The fraction of sp³-hybridized carbons (Fsp3) is 0.105. The Morgan fingerprint density at radius 1 is 1.12 bits per heavy atom. The molecule has 126 valence electrons. The highest BCUT2D eigenvalue weighted by Crippen LogP contribution is 2.16. The summed E-state index contributed by atoms with van der Waals surface area (Å²) in [6.45, 7) is 2.37. The molecule has 0 radical (unpaired) electrons. The smallest absolute Gasteiger partial charge is 0.250 e. The molecule has 0 aliphatic rings. The first kappa shape index (κ1) is 16.9. The molecule has 2 aromatic carbocycles. The Morgan fingerprint density at radius 2 is 1.88 bits per heavy atom. The maximum absolute atomic E-state index is 11.8. The van der Waals surface area contributed by atoms with Gasteiger partial charge in [0.1, 0.15) is 17.4 Å². The topological polar surface area (TPSA) is 64.1 Å². The third-order valence-corrected chi connectivity index (χ3v) is 4.07. The van der Waals surface area contributed by atoms with Crippen molar-refractivity contribution in [1.82, 2.24) is 10.2 Å². The molecule has 3 rings (SSSR count). The summed E-state index contributed by atoms with van der Waals surface area (Å²) in [5, 5.41) is 11.7. The zero-order valence-corrected chi connectivity index (χ0v) is 14.5. The Kier molecular flexibility index (Phi) is 5.53. The summed E-state index contributed by atoms with van der Waals surface area (Å²) < 4.78 is 5.74. The fourth-order valence-electron chi connectivity index (χ4n) is 2.08. The number of nitrogens with zero attached hydrogens (tertiary/aromatic N) is 2. The van der Waals surface area contributed by atoms with E-state index in [9.17, 15) is 4.79 Å². The van der Waals surface area contributed by atoms with Gasteiger partial charge in [-0.05, 0) is 36.3 Å². The summed E-state index contributed by atoms with van der Waals surface area (Å²) >= 11 is 1.34. The summed E-state index contributed by atoms with van der Waals surface area (Å²) in [5.74, 6) is 0.551. The molecule has 0 aliphatic heterocycles. The van der Waals surface area contributed by atoms with Crippen molar-refractivity contribution >= 4 is 28.5 Å². The summed E-state index contributed by atoms with van der Waals surface area (Å²) in [5.41, 5.74) is 2.03. The molecule has 25 heavy (non-hydrogen) atoms. The summed E-state index contributed by atoms with van der Waals surface area (Å²) in [4.78, 5) is 11.8. The zero-order chi connectivity index (χ0) is 17.5. The van der Waals surface area contributed by atoms with Crippen molar-refractivity contribution in [1.29, 1.82) is 0 Å². The number of hydrogen-bond acceptors (Lipinski definition) is 5. The van der Waals surface area contributed by atoms with Crippen LogP contribution < -0.4 is 10.1 Å². The average Bonchev–Trinajstić information content (AvgIpc) is 3.04. The Labute approximate surface area is 150 Å². The molecule has 6 heteroatoms. The van der Waals surface area contributed by atoms with Gasteiger partial charge in [-0.2, -0.15) is 0 Å². The maximum Gasteiger partial charge on any atom is 0.250 e. The molecule has 0 aliphatic carbocycles. The van der Waals surface area contributed by atoms with Crippen LogP contribution in [0.1, 0.15) is 16.1 Å². The van der Waals surface area contributed by atoms with Gasteiger partial charge in [-0.3, -0.25) is 10.1 Å². The summed E-state index contributed by atoms with van der Waals surface area (Å²) in [6.07, 6.45) is 3.21. The molecule has 0 saturated heterocycles. The molecule has 0 bridgehead atoms. The van der Waals surface area contributed by atoms with Crippen molar-refractivity contribution < 1.29 is 9.53 Å². The van der Waals surface area contributed by atoms with E-state index in [2.05, 4.69) is 15.5 Å². The number of hydrogen-bond donors (Lipinski definition) is 1. The van der Waals surface area contributed by atoms with E-state index in [1.807, 2.05) is 61.5 Å². The van der Waals surface area contributed by atoms with Crippen LogP contribution in [0.15, 0.2) is 60.7 Å². The monoisotopic (exact) mass is 351 g/mol. The van der Waals surface area contributed by atoms with E-state index in [0.29, 0.717) is 11.7 Å². The Bertz CT molecular complexity index is 858. The Balaban J connectivity index is 1.52. The fourth-order valence-corrected chi connectivity index (χ4v) is 2.68. The lowest BCUT2D eigenvalue weighted by Gasteiger charge is -2.06. The molecular weight excluding hydrogens is 334 g/mol. The average molecular weight is 351 g/mol. The lowest BCUT2D eigenvalue weighted by Crippen LogP contribution is -2.07. The first-order valence-corrected chi connectivity index (χ1v) is 8.57. The highest BCUT2D eigenvalue weighted by Gasteiger charge is 2.03. The number of amides is 1. The number of aryl methyl sites for hydroxylation is 1. The molecule has 0 spiro atoms. The van der Waals surface area contributed by atoms with Gasteiger partial charge in [0.15, 0.2) is 0 Å². The predicted octanol–water partition coefficient (Wildman–Crippen LogP) is 4.08. The minimum absolute atomic E-state index is 0.236. The van der Waals surface area contributed by atoms with E-state index in [1.54, 1.807) is 6.08 Å². The number of anilines is 1. The molecule has 5 nitrogen and oxygen atoms in total. The number of carbonyl (C=O) groups is 1. The van der Waals surface area contributed by atoms with E-state index < -0.39 is 0 Å². The second-order valence-corrected chi connectivity index (χ2v) is 6.47. The molecule has 1 N–H and O–H groups in total. The van der Waals surface area contributed by atoms with Crippen LogP contribution in [0.25, 0.3) is 6.08 Å². The van der Waals surface area contributed by atoms with Crippen LogP contribution in [-0.2, 0) is 11.4 Å². The van der Waals surface area contributed by atoms with Gasteiger partial charge in [0, 0.05) is 6.08 Å². The van der Waals surface area contributed by atoms with Crippen molar-refractivity contribution in [2.45, 2.75) is 13.5 Å². The highest BCUT2D eigenvalue weighted by atomic mass is 32.1. The van der Waals surface area contributed by atoms with Crippen LogP contribution in [0.3, 0.4) is 0 Å². The van der Waals surface area contributed by atoms with Crippen LogP contribution in [0.4, 0.5) is 5.13 Å². The molecule has 1 amide bonds. The van der Waals surface area contributed by atoms with Crippen molar-refractivity contribution in [2.24, 2.45) is 0 Å². The first-order chi connectivity index (χ1) is 12.2. The standard InChI is InChI=1S/C19H17N3O2S/c1-14-21-22-19(25-14)20-18(23)12-9-15-7-10-17(11-8-15)24-13-16-5-3-2-4-6-16/h2-12H,13H2,1H3,(H,20,22,23)/b12-9+. The molecular formula is C19H17N3O2S. The normalized spacial score (nSPS) is 10.8. The van der Waals surface area contributed by atoms with Crippen LogP contribution in [0, 0.1) is 6.92 Å². The second kappa shape index (κ2) is 8.21. The highest BCUT2D eigenvalue weighted by molar-refractivity contribution is 7.15. The number of benzene rings is 2. The van der Waals surface area contributed by atoms with E-state index in [0.717, 1.165) is 21.9 Å². The largest absolute Gasteiger partial charge is 0.489 e. The van der Waals surface area contributed by atoms with Gasteiger partial charge in [-0.15, -0.1) is 10.2 Å². The molecule has 0 fully saturated rings. The second-order valence-electron chi connectivity index (χ2n) is 5.29. The van der Waals surface area contributed by atoms with Gasteiger partial charge in [0.25, 0.3) is 0 Å². The van der Waals surface area contributed by atoms with Gasteiger partial charge in [0.2, 0.25) is 11.0 Å². The van der Waals surface area contributed by atoms with E-state index in [4.69, 9.17) is 4.74 Å². The van der Waals surface area contributed by atoms with E-state index >= 15 is 0 Å². The number of carbonyl (C=O) groups excluding carboxylic acids is 1. The van der Waals surface area contributed by atoms with Gasteiger partial charge >= 0.3 is 0 Å². The number of ether oxygens (including phenoxy) is 1. The lowest BCUT2D eigenvalue weighted by atomic mass is 10.2. The third-order valence-electron chi connectivity index (χ3n) is 3.31. The van der Waals surface area contributed by atoms with Gasteiger partial charge in [-0.25, -0.2) is 0 Å². The van der Waals surface area contributed by atoms with Crippen LogP contribution in [0.2, 0.25) is 0 Å². The SMILES string of the molecule is Cc1nnc(NC(=O)/C=C/c2ccc(OCc3ccccc3)cc2)s1.